The molecule has 4 aromatic rings. The van der Waals surface area contributed by atoms with Crippen LogP contribution in [0.25, 0.3) is 33.9 Å². The summed E-state index contributed by atoms with van der Waals surface area (Å²) in [6, 6.07) is 32.0. The van der Waals surface area contributed by atoms with Crippen molar-refractivity contribution in [2.24, 2.45) is 0 Å². The summed E-state index contributed by atoms with van der Waals surface area (Å²) in [5, 5.41) is 0. The smallest absolute Gasteiger partial charge is 0.0708 e. The van der Waals surface area contributed by atoms with Crippen molar-refractivity contribution in [3.05, 3.63) is 114 Å². The molecule has 1 heterocycles. The number of fused-ring (bicyclic) bond motifs is 5. The first-order valence-corrected chi connectivity index (χ1v) is 8.83. The van der Waals surface area contributed by atoms with Crippen LogP contribution in [0.15, 0.2) is 97.2 Å². The van der Waals surface area contributed by atoms with E-state index >= 15 is 0 Å². The van der Waals surface area contributed by atoms with Crippen molar-refractivity contribution in [1.82, 2.24) is 4.98 Å². The van der Waals surface area contributed by atoms with Crippen LogP contribution in [-0.4, -0.2) is 4.98 Å². The molecule has 1 nitrogen and oxygen atoms in total. The Morgan fingerprint density at radius 1 is 0.462 bits per heavy atom. The van der Waals surface area contributed by atoms with Crippen molar-refractivity contribution in [2.45, 2.75) is 0 Å². The predicted molar refractivity (Wildman–Crippen MR) is 109 cm³/mol. The van der Waals surface area contributed by atoms with E-state index < -0.39 is 0 Å². The Kier molecular flexibility index (Phi) is 3.50. The summed E-state index contributed by atoms with van der Waals surface area (Å²) in [5.41, 5.74) is 9.62. The fourth-order valence-electron chi connectivity index (χ4n) is 3.74. The number of rotatable bonds is 1. The molecule has 0 spiro atoms. The van der Waals surface area contributed by atoms with E-state index in [0.717, 1.165) is 11.3 Å². The Morgan fingerprint density at radius 3 is 1.69 bits per heavy atom. The number of benzene rings is 3. The van der Waals surface area contributed by atoms with Gasteiger partial charge in [0.25, 0.3) is 0 Å². The van der Waals surface area contributed by atoms with Gasteiger partial charge in [-0.2, -0.15) is 0 Å². The highest BCUT2D eigenvalue weighted by atomic mass is 14.7. The van der Waals surface area contributed by atoms with E-state index in [1.807, 2.05) is 18.3 Å². The topological polar surface area (TPSA) is 12.9 Å². The molecule has 1 aliphatic carbocycles. The van der Waals surface area contributed by atoms with Gasteiger partial charge in [0.15, 0.2) is 0 Å². The molecule has 0 radical (unpaired) electrons. The normalized spacial score (nSPS) is 12.1. The lowest BCUT2D eigenvalue weighted by Gasteiger charge is -2.20. The molecule has 0 saturated heterocycles. The minimum absolute atomic E-state index is 0.995. The van der Waals surface area contributed by atoms with Crippen LogP contribution in [0.4, 0.5) is 0 Å². The van der Waals surface area contributed by atoms with Gasteiger partial charge in [-0.1, -0.05) is 78.9 Å². The molecule has 0 aliphatic heterocycles. The summed E-state index contributed by atoms with van der Waals surface area (Å²) in [5.74, 6) is 0. The first kappa shape index (κ1) is 14.9. The van der Waals surface area contributed by atoms with Crippen molar-refractivity contribution in [3.8, 4) is 22.3 Å². The van der Waals surface area contributed by atoms with E-state index in [9.17, 15) is 0 Å². The Bertz CT molecular complexity index is 1120. The SMILES string of the molecule is C1=C(c2ccccn2)c2ccccc2-c2ccccc2-c2ccccc21. The maximum Gasteiger partial charge on any atom is 0.0708 e. The van der Waals surface area contributed by atoms with Crippen LogP contribution >= 0.6 is 0 Å². The highest BCUT2D eigenvalue weighted by Gasteiger charge is 2.19. The molecule has 0 N–H and O–H groups in total. The van der Waals surface area contributed by atoms with Gasteiger partial charge in [-0.15, -0.1) is 0 Å². The molecule has 0 saturated carbocycles. The fourth-order valence-corrected chi connectivity index (χ4v) is 3.74. The third-order valence-corrected chi connectivity index (χ3v) is 4.93. The molecule has 1 heteroatoms. The van der Waals surface area contributed by atoms with Crippen molar-refractivity contribution < 1.29 is 0 Å². The summed E-state index contributed by atoms with van der Waals surface area (Å²) in [6.45, 7) is 0. The minimum atomic E-state index is 0.995. The Hall–Kier alpha value is -3.45. The lowest BCUT2D eigenvalue weighted by Crippen LogP contribution is -1.99. The van der Waals surface area contributed by atoms with E-state index in [1.54, 1.807) is 0 Å². The second kappa shape index (κ2) is 6.12. The number of hydrogen-bond acceptors (Lipinski definition) is 1. The molecule has 26 heavy (non-hydrogen) atoms. The quantitative estimate of drug-likeness (QED) is 0.350. The molecule has 5 rings (SSSR count). The first-order chi connectivity index (χ1) is 12.9. The highest BCUT2D eigenvalue weighted by Crippen LogP contribution is 2.42. The molecule has 0 bridgehead atoms. The lowest BCUT2D eigenvalue weighted by atomic mass is 9.83. The van der Waals surface area contributed by atoms with Gasteiger partial charge in [0, 0.05) is 11.8 Å². The van der Waals surface area contributed by atoms with E-state index in [0.29, 0.717) is 0 Å². The molecule has 1 aliphatic rings. The molecule has 122 valence electrons. The number of pyridine rings is 1. The average Bonchev–Trinajstić information content (AvgIpc) is 2.72. The van der Waals surface area contributed by atoms with Gasteiger partial charge in [-0.3, -0.25) is 4.98 Å². The van der Waals surface area contributed by atoms with Gasteiger partial charge in [0.1, 0.15) is 0 Å². The second-order valence-electron chi connectivity index (χ2n) is 6.45. The average molecular weight is 331 g/mol. The maximum absolute atomic E-state index is 4.63. The number of hydrogen-bond donors (Lipinski definition) is 0. The zero-order valence-corrected chi connectivity index (χ0v) is 14.3. The molecule has 0 unspecified atom stereocenters. The van der Waals surface area contributed by atoms with Gasteiger partial charge in [-0.25, -0.2) is 0 Å². The monoisotopic (exact) mass is 331 g/mol. The van der Waals surface area contributed by atoms with Crippen LogP contribution in [0.5, 0.6) is 0 Å². The van der Waals surface area contributed by atoms with Crippen LogP contribution in [-0.2, 0) is 0 Å². The molecular weight excluding hydrogens is 314 g/mol. The molecule has 1 aromatic heterocycles. The molecule has 3 aromatic carbocycles. The van der Waals surface area contributed by atoms with E-state index in [1.165, 1.54) is 33.4 Å². The summed E-state index contributed by atoms with van der Waals surface area (Å²) in [7, 11) is 0. The van der Waals surface area contributed by atoms with Gasteiger partial charge in [-0.05, 0) is 51.6 Å². The maximum atomic E-state index is 4.63. The minimum Gasteiger partial charge on any atom is -0.256 e. The largest absolute Gasteiger partial charge is 0.256 e. The molecular formula is C25H17N. The summed E-state index contributed by atoms with van der Waals surface area (Å²) in [4.78, 5) is 4.63. The van der Waals surface area contributed by atoms with Crippen LogP contribution < -0.4 is 0 Å². The van der Waals surface area contributed by atoms with Gasteiger partial charge >= 0.3 is 0 Å². The van der Waals surface area contributed by atoms with Crippen molar-refractivity contribution in [2.75, 3.05) is 0 Å². The first-order valence-electron chi connectivity index (χ1n) is 8.83. The van der Waals surface area contributed by atoms with Gasteiger partial charge in [0.05, 0.1) is 5.69 Å². The molecule has 0 atom stereocenters. The van der Waals surface area contributed by atoms with Crippen LogP contribution in [0, 0.1) is 0 Å². The van der Waals surface area contributed by atoms with Crippen LogP contribution in [0.2, 0.25) is 0 Å². The predicted octanol–water partition coefficient (Wildman–Crippen LogP) is 6.32. The second-order valence-corrected chi connectivity index (χ2v) is 6.45. The zero-order chi connectivity index (χ0) is 17.3. The zero-order valence-electron chi connectivity index (χ0n) is 14.3. The summed E-state index contributed by atoms with van der Waals surface area (Å²) >= 11 is 0. The molecule has 0 amide bonds. The number of aromatic nitrogens is 1. The highest BCUT2D eigenvalue weighted by molar-refractivity contribution is 6.02. The van der Waals surface area contributed by atoms with Gasteiger partial charge < -0.3 is 0 Å². The Morgan fingerprint density at radius 2 is 1.00 bits per heavy atom. The van der Waals surface area contributed by atoms with Crippen LogP contribution in [0.1, 0.15) is 16.8 Å². The Labute approximate surface area is 153 Å². The number of nitrogens with zero attached hydrogens (tertiary/aromatic N) is 1. The van der Waals surface area contributed by atoms with Crippen molar-refractivity contribution in [1.29, 1.82) is 0 Å². The van der Waals surface area contributed by atoms with Crippen molar-refractivity contribution >= 4 is 11.6 Å². The third kappa shape index (κ3) is 2.37. The van der Waals surface area contributed by atoms with E-state index in [2.05, 4.69) is 89.9 Å². The lowest BCUT2D eigenvalue weighted by molar-refractivity contribution is 1.27. The fraction of sp³-hybridized carbons (Fsp3) is 0. The Balaban J connectivity index is 1.92. The standard InChI is InChI=1S/C25H17N/c1-2-10-19-18(9-1)17-24(25-15-7-8-16-26-25)23-14-6-5-13-22(23)21-12-4-3-11-20(19)21/h1-17H. The van der Waals surface area contributed by atoms with Gasteiger partial charge in [0.2, 0.25) is 0 Å². The van der Waals surface area contributed by atoms with E-state index in [-0.39, 0.29) is 0 Å². The van der Waals surface area contributed by atoms with Crippen molar-refractivity contribution in [3.63, 3.8) is 0 Å². The van der Waals surface area contributed by atoms with Crippen LogP contribution in [0.3, 0.4) is 0 Å². The van der Waals surface area contributed by atoms with E-state index in [4.69, 9.17) is 0 Å². The molecule has 0 fully saturated rings. The third-order valence-electron chi connectivity index (χ3n) is 4.93. The summed E-state index contributed by atoms with van der Waals surface area (Å²) < 4.78 is 0. The summed E-state index contributed by atoms with van der Waals surface area (Å²) in [6.07, 6.45) is 4.13.